The molecule has 2 N–H and O–H groups in total. The van der Waals surface area contributed by atoms with Crippen LogP contribution in [0, 0.1) is 5.92 Å². The van der Waals surface area contributed by atoms with Gasteiger partial charge in [-0.2, -0.15) is 12.7 Å². The first kappa shape index (κ1) is 35.7. The number of ether oxygens (including phenoxy) is 4. The van der Waals surface area contributed by atoms with Gasteiger partial charge in [-0.1, -0.05) is 74.5 Å². The van der Waals surface area contributed by atoms with Gasteiger partial charge in [0.2, 0.25) is 0 Å². The molecule has 1 aliphatic rings. The van der Waals surface area contributed by atoms with Gasteiger partial charge < -0.3 is 24.7 Å². The van der Waals surface area contributed by atoms with E-state index in [1.807, 2.05) is 36.4 Å². The maximum Gasteiger partial charge on any atom is 0.426 e. The summed E-state index contributed by atoms with van der Waals surface area (Å²) in [6.07, 6.45) is -0.215. The average molecular weight is 623 g/mol. The Morgan fingerprint density at radius 3 is 2.00 bits per heavy atom. The fraction of sp³-hybridized carbons (Fsp3) is 0.500. The molecule has 3 rings (SSSR count). The summed E-state index contributed by atoms with van der Waals surface area (Å²) in [5.41, 5.74) is 6.46. The molecule has 1 amide bonds. The van der Waals surface area contributed by atoms with Crippen LogP contribution in [0.3, 0.4) is 0 Å². The third-order valence-corrected chi connectivity index (χ3v) is 6.95. The number of amides is 1. The molecule has 0 aromatic heterocycles. The molecule has 1 fully saturated rings. The predicted molar refractivity (Wildman–Crippen MR) is 157 cm³/mol. The molecule has 1 aliphatic heterocycles. The maximum absolute atomic E-state index is 12.2. The zero-order chi connectivity index (χ0) is 32.0. The standard InChI is InChI=1S/C15H19NO7S.C15H23NO3/c1-15(2,3)23-14(18)16-12(10-22-24(16,19)20)13(17)21-9-11-7-5-4-6-8-11;1-12(2)8-9-18-11-14(16)15(17)19-10-13-6-4-3-5-7-13/h4-8,12H,9-10H2,1-3H3;3-7,12,14H,8-11,16H2,1-2H3/t12-;14-/m00/s1. The van der Waals surface area contributed by atoms with Crippen LogP contribution in [0.25, 0.3) is 0 Å². The highest BCUT2D eigenvalue weighted by Crippen LogP contribution is 2.23. The normalized spacial score (nSPS) is 16.5. The summed E-state index contributed by atoms with van der Waals surface area (Å²) in [6, 6.07) is 16.3. The van der Waals surface area contributed by atoms with Gasteiger partial charge in [0.05, 0.1) is 6.61 Å². The number of rotatable bonds is 11. The zero-order valence-electron chi connectivity index (χ0n) is 25.3. The van der Waals surface area contributed by atoms with Gasteiger partial charge in [-0.25, -0.2) is 9.59 Å². The third kappa shape index (κ3) is 13.1. The van der Waals surface area contributed by atoms with E-state index in [0.29, 0.717) is 12.5 Å². The molecule has 2 atom stereocenters. The van der Waals surface area contributed by atoms with Gasteiger partial charge in [0.1, 0.15) is 31.5 Å². The lowest BCUT2D eigenvalue weighted by Gasteiger charge is -2.25. The molecule has 12 nitrogen and oxygen atoms in total. The first-order chi connectivity index (χ1) is 20.2. The number of hydrogen-bond donors (Lipinski definition) is 1. The SMILES string of the molecule is CC(C)(C)OC(=O)N1[C@H](C(=O)OCc2ccccc2)COS1(=O)=O.CC(C)CCOC[C@H](N)C(=O)OCc1ccccc1. The third-order valence-electron chi connectivity index (χ3n) is 5.63. The van der Waals surface area contributed by atoms with Crippen LogP contribution in [0.4, 0.5) is 4.79 Å². The Bertz CT molecular complexity index is 1260. The molecule has 0 unspecified atom stereocenters. The molecule has 0 bridgehead atoms. The van der Waals surface area contributed by atoms with Crippen molar-refractivity contribution in [2.75, 3.05) is 19.8 Å². The molecular formula is C30H42N2O10S. The van der Waals surface area contributed by atoms with Gasteiger partial charge in [0, 0.05) is 6.61 Å². The summed E-state index contributed by atoms with van der Waals surface area (Å²) >= 11 is 0. The van der Waals surface area contributed by atoms with Crippen LogP contribution in [-0.4, -0.2) is 68.3 Å². The molecular weight excluding hydrogens is 580 g/mol. The smallest absolute Gasteiger partial charge is 0.426 e. The number of nitrogens with two attached hydrogens (primary N) is 1. The van der Waals surface area contributed by atoms with E-state index < -0.39 is 52.6 Å². The highest BCUT2D eigenvalue weighted by Gasteiger charge is 2.49. The zero-order valence-corrected chi connectivity index (χ0v) is 26.1. The van der Waals surface area contributed by atoms with Crippen molar-refractivity contribution in [1.29, 1.82) is 0 Å². The summed E-state index contributed by atoms with van der Waals surface area (Å²) in [7, 11) is -4.38. The second kappa shape index (κ2) is 16.9. The summed E-state index contributed by atoms with van der Waals surface area (Å²) in [6.45, 7) is 9.52. The Morgan fingerprint density at radius 1 is 0.953 bits per heavy atom. The van der Waals surface area contributed by atoms with Crippen molar-refractivity contribution in [2.45, 2.75) is 71.9 Å². The molecule has 2 aromatic rings. The van der Waals surface area contributed by atoms with Crippen LogP contribution in [-0.2, 0) is 56.2 Å². The van der Waals surface area contributed by atoms with Crippen molar-refractivity contribution in [3.05, 3.63) is 71.8 Å². The van der Waals surface area contributed by atoms with Crippen molar-refractivity contribution in [3.8, 4) is 0 Å². The first-order valence-corrected chi connectivity index (χ1v) is 15.2. The molecule has 0 saturated carbocycles. The minimum atomic E-state index is -4.38. The Balaban J connectivity index is 0.000000309. The minimum absolute atomic E-state index is 0.0433. The summed E-state index contributed by atoms with van der Waals surface area (Å²) in [5.74, 6) is -0.722. The largest absolute Gasteiger partial charge is 0.460 e. The molecule has 13 heteroatoms. The van der Waals surface area contributed by atoms with E-state index in [1.54, 1.807) is 45.0 Å². The second-order valence-corrected chi connectivity index (χ2v) is 12.6. The van der Waals surface area contributed by atoms with E-state index in [2.05, 4.69) is 18.0 Å². The molecule has 2 aromatic carbocycles. The summed E-state index contributed by atoms with van der Waals surface area (Å²) in [5, 5.41) is 0. The van der Waals surface area contributed by atoms with Crippen molar-refractivity contribution in [1.82, 2.24) is 4.31 Å². The van der Waals surface area contributed by atoms with E-state index in [9.17, 15) is 22.8 Å². The molecule has 0 radical (unpaired) electrons. The Morgan fingerprint density at radius 2 is 1.49 bits per heavy atom. The summed E-state index contributed by atoms with van der Waals surface area (Å²) < 4.78 is 49.2. The quantitative estimate of drug-likeness (QED) is 0.221. The van der Waals surface area contributed by atoms with Gasteiger partial charge in [-0.15, -0.1) is 0 Å². The van der Waals surface area contributed by atoms with Crippen molar-refractivity contribution in [2.24, 2.45) is 11.7 Å². The maximum atomic E-state index is 12.2. The van der Waals surface area contributed by atoms with Gasteiger partial charge >= 0.3 is 28.3 Å². The van der Waals surface area contributed by atoms with Crippen molar-refractivity contribution in [3.63, 3.8) is 0 Å². The molecule has 0 aliphatic carbocycles. The molecule has 1 saturated heterocycles. The predicted octanol–water partition coefficient (Wildman–Crippen LogP) is 3.73. The topological polar surface area (TPSA) is 161 Å². The van der Waals surface area contributed by atoms with Gasteiger partial charge in [0.15, 0.2) is 6.04 Å². The lowest BCUT2D eigenvalue weighted by molar-refractivity contribution is -0.149. The van der Waals surface area contributed by atoms with Crippen LogP contribution in [0.5, 0.6) is 0 Å². The van der Waals surface area contributed by atoms with E-state index in [4.69, 9.17) is 24.7 Å². The van der Waals surface area contributed by atoms with Crippen molar-refractivity contribution < 1.29 is 45.9 Å². The van der Waals surface area contributed by atoms with Crippen molar-refractivity contribution >= 4 is 28.3 Å². The van der Waals surface area contributed by atoms with Crippen LogP contribution in [0.1, 0.15) is 52.2 Å². The Kier molecular flexibility index (Phi) is 14.1. The molecule has 43 heavy (non-hydrogen) atoms. The lowest BCUT2D eigenvalue weighted by atomic mass is 10.1. The Labute approximate surface area is 253 Å². The molecule has 238 valence electrons. The highest BCUT2D eigenvalue weighted by molar-refractivity contribution is 7.85. The minimum Gasteiger partial charge on any atom is -0.460 e. The number of carbonyl (C=O) groups excluding carboxylic acids is 3. The van der Waals surface area contributed by atoms with Crippen LogP contribution in [0.15, 0.2) is 60.7 Å². The van der Waals surface area contributed by atoms with Crippen LogP contribution < -0.4 is 5.73 Å². The fourth-order valence-electron chi connectivity index (χ4n) is 3.38. The second-order valence-electron chi connectivity index (χ2n) is 11.1. The number of hydrogen-bond acceptors (Lipinski definition) is 11. The van der Waals surface area contributed by atoms with E-state index >= 15 is 0 Å². The highest BCUT2D eigenvalue weighted by atomic mass is 32.2. The van der Waals surface area contributed by atoms with E-state index in [1.165, 1.54) is 0 Å². The monoisotopic (exact) mass is 622 g/mol. The number of benzene rings is 2. The molecule has 0 spiro atoms. The number of carbonyl (C=O) groups is 3. The Hall–Kier alpha value is -3.52. The van der Waals surface area contributed by atoms with Crippen LogP contribution in [0.2, 0.25) is 0 Å². The summed E-state index contributed by atoms with van der Waals surface area (Å²) in [4.78, 5) is 35.9. The fourth-order valence-corrected chi connectivity index (χ4v) is 4.47. The number of esters is 2. The first-order valence-electron chi connectivity index (χ1n) is 13.9. The van der Waals surface area contributed by atoms with Gasteiger partial charge in [-0.3, -0.25) is 8.98 Å². The number of nitrogens with zero attached hydrogens (tertiary/aromatic N) is 1. The van der Waals surface area contributed by atoms with Gasteiger partial charge in [-0.05, 0) is 44.2 Å². The van der Waals surface area contributed by atoms with Crippen LogP contribution >= 0.6 is 0 Å². The van der Waals surface area contributed by atoms with Gasteiger partial charge in [0.25, 0.3) is 0 Å². The van der Waals surface area contributed by atoms with E-state index in [0.717, 1.165) is 17.5 Å². The average Bonchev–Trinajstić information content (AvgIpc) is 3.28. The van der Waals surface area contributed by atoms with E-state index in [-0.39, 0.29) is 24.1 Å². The molecule has 1 heterocycles. The lowest BCUT2D eigenvalue weighted by Crippen LogP contribution is -2.46.